The van der Waals surface area contributed by atoms with Gasteiger partial charge in [0.05, 0.1) is 57.7 Å². The van der Waals surface area contributed by atoms with Gasteiger partial charge in [-0.05, 0) is 91.6 Å². The Labute approximate surface area is 495 Å². The third-order valence-electron chi connectivity index (χ3n) is 15.0. The molecule has 0 saturated heterocycles. The molecule has 1 N–H and O–H groups in total. The molecule has 0 amide bonds. The minimum atomic E-state index is -4.13. The van der Waals surface area contributed by atoms with Gasteiger partial charge in [0.1, 0.15) is 50.5 Å². The Morgan fingerprint density at radius 3 is 1.39 bits per heavy atom. The van der Waals surface area contributed by atoms with Crippen LogP contribution in [0.2, 0.25) is 0 Å². The molecule has 0 spiro atoms. The second-order valence-corrected chi connectivity index (χ2v) is 23.8. The number of rotatable bonds is 18. The fraction of sp³-hybridized carbons (Fsp3) is 0.104. The van der Waals surface area contributed by atoms with Crippen LogP contribution in [0.4, 0.5) is 0 Å². The van der Waals surface area contributed by atoms with E-state index in [-0.39, 0.29) is 18.8 Å². The molecule has 0 radical (unpaired) electrons. The summed E-state index contributed by atoms with van der Waals surface area (Å²) in [5, 5.41) is 28.3. The normalized spacial score (nSPS) is 12.2. The number of hydrogen-bond acceptors (Lipinski definition) is 11. The molecule has 8 aromatic carbocycles. The van der Waals surface area contributed by atoms with Crippen molar-refractivity contribution in [2.24, 2.45) is 0 Å². The van der Waals surface area contributed by atoms with E-state index in [9.17, 15) is 23.5 Å². The number of nitrogens with zero attached hydrogens (tertiary/aromatic N) is 6. The Morgan fingerprint density at radius 1 is 0.548 bits per heavy atom. The van der Waals surface area contributed by atoms with Gasteiger partial charge in [0.25, 0.3) is 10.1 Å². The lowest BCUT2D eigenvalue weighted by Crippen LogP contribution is -2.54. The second-order valence-electron chi connectivity index (χ2n) is 20.2. The standard InChI is InChI=1S/C67H52B2N6O6S3/c1-44-20-16-17-29-53(44)63-61-60(64(54(42-70)66-72-56-36-34-51(79-2)40-58(56)82-66)75(63)69(48-25-12-6-13-26-48)49-27-14-7-15-28-49)62(45-30-32-50(33-31-45)81-38-18-19-39-84(76,77)78)74(68(46-21-8-4-9-22-46)47-23-10-5-11-24-47)65(61)55(43-71)67-73-57-37-35-52(80-3)41-59(57)83-67/h4-17,20-37,40-41H,18-19,38-39H2,1-3H3,(H,76,77,78)/b64-54-,65-55-. The van der Waals surface area contributed by atoms with Crippen LogP contribution < -0.4 is 46.8 Å². The molecule has 4 heterocycles. The highest BCUT2D eigenvalue weighted by atomic mass is 32.2. The highest BCUT2D eigenvalue weighted by molar-refractivity contribution is 7.85. The minimum Gasteiger partial charge on any atom is -0.497 e. The smallest absolute Gasteiger partial charge is 0.328 e. The fourth-order valence-corrected chi connectivity index (χ4v) is 13.8. The first kappa shape index (κ1) is 55.1. The van der Waals surface area contributed by atoms with Crippen molar-refractivity contribution in [3.8, 4) is 51.9 Å². The fourth-order valence-electron chi connectivity index (χ4n) is 11.3. The van der Waals surface area contributed by atoms with Gasteiger partial charge in [-0.1, -0.05) is 167 Å². The Balaban J connectivity index is 1.37. The van der Waals surface area contributed by atoms with Gasteiger partial charge in [0, 0.05) is 27.7 Å². The van der Waals surface area contributed by atoms with E-state index in [1.54, 1.807) is 14.2 Å². The van der Waals surface area contributed by atoms with E-state index in [1.807, 2.05) is 146 Å². The van der Waals surface area contributed by atoms with Gasteiger partial charge in [0.15, 0.2) is 0 Å². The number of aryl methyl sites for hydroxylation is 1. The third kappa shape index (κ3) is 10.7. The van der Waals surface area contributed by atoms with Crippen LogP contribution in [0.25, 0.3) is 64.9 Å². The lowest BCUT2D eigenvalue weighted by molar-refractivity contribution is 0.309. The van der Waals surface area contributed by atoms with Crippen molar-refractivity contribution >= 4 is 111 Å². The summed E-state index contributed by atoms with van der Waals surface area (Å²) >= 11 is 2.82. The maximum Gasteiger partial charge on any atom is 0.328 e. The highest BCUT2D eigenvalue weighted by Gasteiger charge is 2.38. The Morgan fingerprint density at radius 2 is 0.964 bits per heavy atom. The van der Waals surface area contributed by atoms with Gasteiger partial charge < -0.3 is 23.2 Å². The molecule has 0 aliphatic heterocycles. The first-order chi connectivity index (χ1) is 41.0. The van der Waals surface area contributed by atoms with Crippen molar-refractivity contribution in [1.82, 2.24) is 18.9 Å². The quantitative estimate of drug-likeness (QED) is 0.0497. The Kier molecular flexibility index (Phi) is 15.6. The molecule has 4 aromatic heterocycles. The first-order valence-electron chi connectivity index (χ1n) is 27.3. The van der Waals surface area contributed by atoms with Crippen LogP contribution in [0, 0.1) is 29.6 Å². The van der Waals surface area contributed by atoms with E-state index in [2.05, 4.69) is 88.7 Å². The summed E-state index contributed by atoms with van der Waals surface area (Å²) < 4.78 is 56.6. The molecule has 84 heavy (non-hydrogen) atoms. The first-order valence-corrected chi connectivity index (χ1v) is 30.5. The predicted octanol–water partition coefficient (Wildman–Crippen LogP) is 10.1. The summed E-state index contributed by atoms with van der Waals surface area (Å²) in [4.78, 5) is 10.6. The number of aromatic nitrogens is 4. The number of thiazole rings is 2. The second kappa shape index (κ2) is 23.8. The van der Waals surface area contributed by atoms with Crippen molar-refractivity contribution in [3.63, 3.8) is 0 Å². The van der Waals surface area contributed by atoms with Crippen LogP contribution in [0.1, 0.15) is 28.4 Å². The zero-order valence-electron chi connectivity index (χ0n) is 46.0. The van der Waals surface area contributed by atoms with Crippen LogP contribution in [0.3, 0.4) is 0 Å². The molecular formula is C67H52B2N6O6S3. The van der Waals surface area contributed by atoms with E-state index >= 15 is 0 Å². The molecule has 17 heteroatoms. The summed E-state index contributed by atoms with van der Waals surface area (Å²) in [6, 6.07) is 74.3. The van der Waals surface area contributed by atoms with Crippen molar-refractivity contribution in [1.29, 1.82) is 10.5 Å². The van der Waals surface area contributed by atoms with E-state index in [4.69, 9.17) is 24.2 Å². The molecule has 0 unspecified atom stereocenters. The van der Waals surface area contributed by atoms with E-state index in [1.165, 1.54) is 22.7 Å². The van der Waals surface area contributed by atoms with Gasteiger partial charge >= 0.3 is 13.7 Å². The van der Waals surface area contributed by atoms with Gasteiger partial charge in [-0.25, -0.2) is 9.97 Å². The zero-order chi connectivity index (χ0) is 57.9. The van der Waals surface area contributed by atoms with Crippen molar-refractivity contribution in [2.45, 2.75) is 19.8 Å². The minimum absolute atomic E-state index is 0.208. The SMILES string of the molecule is COc1ccc2nc(/C(C#N)=c3/c4c(-c5ccccc5C)n(B(c5ccccc5)c5ccccc5)/c(=C(/C#N)c5nc6ccc(OC)cc6s5)c4c(-c4ccc(OCCCCS(=O)(=O)O)cc4)n3B(c3ccccc3)c3ccccc3)sc2c1. The summed E-state index contributed by atoms with van der Waals surface area (Å²) in [6.07, 6.45) is 0.616. The van der Waals surface area contributed by atoms with Gasteiger partial charge in [0.2, 0.25) is 0 Å². The molecule has 12 nitrogen and oxygen atoms in total. The number of nitriles is 2. The van der Waals surface area contributed by atoms with Crippen molar-refractivity contribution in [2.75, 3.05) is 26.6 Å². The largest absolute Gasteiger partial charge is 0.497 e. The molecule has 0 atom stereocenters. The molecule has 0 saturated carbocycles. The Bertz CT molecular complexity index is 4570. The van der Waals surface area contributed by atoms with Gasteiger partial charge in [-0.15, -0.1) is 22.7 Å². The molecule has 0 aliphatic carbocycles. The topological polar surface area (TPSA) is 165 Å². The maximum atomic E-state index is 12.4. The maximum absolute atomic E-state index is 12.4. The van der Waals surface area contributed by atoms with Gasteiger partial charge in [-0.3, -0.25) is 4.55 Å². The molecule has 410 valence electrons. The number of benzene rings is 8. The van der Waals surface area contributed by atoms with E-state index in [0.29, 0.717) is 83.0 Å². The molecule has 0 aliphatic rings. The van der Waals surface area contributed by atoms with Crippen LogP contribution >= 0.6 is 22.7 Å². The average Bonchev–Trinajstić information content (AvgIpc) is 1.61. The van der Waals surface area contributed by atoms with Crippen LogP contribution in [0.5, 0.6) is 17.2 Å². The number of methoxy groups -OCH3 is 2. The lowest BCUT2D eigenvalue weighted by atomic mass is 9.50. The van der Waals surface area contributed by atoms with Crippen LogP contribution in [-0.4, -0.2) is 72.2 Å². The van der Waals surface area contributed by atoms with E-state index in [0.717, 1.165) is 53.6 Å². The van der Waals surface area contributed by atoms with Crippen molar-refractivity contribution < 1.29 is 27.2 Å². The number of fused-ring (bicyclic) bond motifs is 3. The van der Waals surface area contributed by atoms with Crippen LogP contribution in [0.15, 0.2) is 206 Å². The summed E-state index contributed by atoms with van der Waals surface area (Å²) in [6.45, 7) is 1.12. The number of unbranched alkanes of at least 4 members (excludes halogenated alkanes) is 1. The molecular weight excluding hydrogens is 1100 g/mol. The molecule has 12 rings (SSSR count). The van der Waals surface area contributed by atoms with Crippen LogP contribution in [-0.2, 0) is 10.1 Å². The summed E-state index contributed by atoms with van der Waals surface area (Å²) in [7, 11) is -0.865. The molecule has 0 fully saturated rings. The number of hydrogen-bond donors (Lipinski definition) is 1. The van der Waals surface area contributed by atoms with E-state index < -0.39 is 23.8 Å². The Hall–Kier alpha value is -9.48. The third-order valence-corrected chi connectivity index (χ3v) is 17.9. The molecule has 12 aromatic rings. The predicted molar refractivity (Wildman–Crippen MR) is 341 cm³/mol. The average molecular weight is 1160 g/mol. The summed E-state index contributed by atoms with van der Waals surface area (Å²) in [5.41, 5.74) is 9.84. The monoisotopic (exact) mass is 1150 g/mol. The lowest BCUT2D eigenvalue weighted by Gasteiger charge is -2.24. The zero-order valence-corrected chi connectivity index (χ0v) is 48.5. The highest BCUT2D eigenvalue weighted by Crippen LogP contribution is 2.40. The molecule has 0 bridgehead atoms. The summed E-state index contributed by atoms with van der Waals surface area (Å²) in [5.74, 6) is 1.49. The number of ether oxygens (including phenoxy) is 3. The van der Waals surface area contributed by atoms with Gasteiger partial charge in [-0.2, -0.15) is 18.9 Å². The van der Waals surface area contributed by atoms with Crippen molar-refractivity contribution in [3.05, 3.63) is 233 Å².